The van der Waals surface area contributed by atoms with Crippen molar-refractivity contribution in [1.29, 1.82) is 21.0 Å². The summed E-state index contributed by atoms with van der Waals surface area (Å²) in [5.41, 5.74) is 14.7. The maximum Gasteiger partial charge on any atom is 0.173 e. The Hall–Kier alpha value is -4.53. The van der Waals surface area contributed by atoms with Gasteiger partial charge in [0, 0.05) is 5.56 Å². The van der Waals surface area contributed by atoms with Gasteiger partial charge >= 0.3 is 0 Å². The van der Waals surface area contributed by atoms with Crippen LogP contribution in [0.2, 0.25) is 0 Å². The summed E-state index contributed by atoms with van der Waals surface area (Å²) in [7, 11) is 0. The van der Waals surface area contributed by atoms with Gasteiger partial charge in [-0.05, 0) is 12.5 Å². The average Bonchev–Trinajstić information content (AvgIpc) is 2.69. The lowest BCUT2D eigenvalue weighted by Crippen LogP contribution is -2.25. The number of anilines is 3. The van der Waals surface area contributed by atoms with Crippen molar-refractivity contribution in [2.75, 3.05) is 16.8 Å². The first kappa shape index (κ1) is 18.3. The van der Waals surface area contributed by atoms with Gasteiger partial charge < -0.3 is 16.8 Å². The van der Waals surface area contributed by atoms with Crippen molar-refractivity contribution in [2.45, 2.75) is 12.8 Å². The van der Waals surface area contributed by atoms with Crippen LogP contribution in [0.4, 0.5) is 17.3 Å². The first-order valence-corrected chi connectivity index (χ1v) is 8.22. The van der Waals surface area contributed by atoms with E-state index in [2.05, 4.69) is 16.4 Å². The van der Waals surface area contributed by atoms with E-state index in [9.17, 15) is 21.0 Å². The fourth-order valence-electron chi connectivity index (χ4n) is 3.24. The molecule has 5 N–H and O–H groups in total. The Morgan fingerprint density at radius 1 is 1.04 bits per heavy atom. The zero-order chi connectivity index (χ0) is 20.4. The van der Waals surface area contributed by atoms with E-state index in [1.54, 1.807) is 0 Å². The fraction of sp³-hybridized carbons (Fsp3) is 0.150. The molecular formula is C20H14N8. The molecule has 0 aliphatic carbocycles. The number of rotatable bonds is 2. The summed E-state index contributed by atoms with van der Waals surface area (Å²) in [5.74, 6) is -1.74. The average molecular weight is 366 g/mol. The van der Waals surface area contributed by atoms with Crippen LogP contribution in [0.3, 0.4) is 0 Å². The third-order valence-electron chi connectivity index (χ3n) is 4.61. The van der Waals surface area contributed by atoms with Gasteiger partial charge in [-0.3, -0.25) is 0 Å². The molecule has 8 nitrogen and oxygen atoms in total. The highest BCUT2D eigenvalue weighted by molar-refractivity contribution is 5.80. The first-order valence-electron chi connectivity index (χ1n) is 8.22. The molecule has 28 heavy (non-hydrogen) atoms. The molecule has 3 rings (SSSR count). The SMILES string of the molecule is Cc1ccc(C2C(C#N)=C(C(C#N)C#N)Nc3nc(N)c(C#N)c(N)c32)cc1. The molecule has 0 amide bonds. The smallest absolute Gasteiger partial charge is 0.173 e. The lowest BCUT2D eigenvalue weighted by molar-refractivity contribution is 0.870. The highest BCUT2D eigenvalue weighted by Crippen LogP contribution is 2.46. The number of fused-ring (bicyclic) bond motifs is 1. The predicted octanol–water partition coefficient (Wildman–Crippen LogP) is 2.42. The van der Waals surface area contributed by atoms with E-state index < -0.39 is 11.8 Å². The number of nitrogens with zero attached hydrogens (tertiary/aromatic N) is 5. The Balaban J connectivity index is 2.40. The van der Waals surface area contributed by atoms with Gasteiger partial charge in [-0.25, -0.2) is 4.98 Å². The summed E-state index contributed by atoms with van der Waals surface area (Å²) in [5, 5.41) is 40.9. The third kappa shape index (κ3) is 2.72. The molecule has 0 fully saturated rings. The minimum absolute atomic E-state index is 0.0236. The maximum absolute atomic E-state index is 9.87. The molecule has 1 aromatic carbocycles. The number of aromatic nitrogens is 1. The fourth-order valence-corrected chi connectivity index (χ4v) is 3.24. The predicted molar refractivity (Wildman–Crippen MR) is 102 cm³/mol. The molecule has 0 radical (unpaired) electrons. The molecule has 2 heterocycles. The molecule has 0 bridgehead atoms. The summed E-state index contributed by atoms with van der Waals surface area (Å²) in [6.07, 6.45) is 0. The number of aryl methyl sites for hydroxylation is 1. The number of hydrogen-bond acceptors (Lipinski definition) is 8. The number of nitrogens with two attached hydrogens (primary N) is 2. The van der Waals surface area contributed by atoms with Gasteiger partial charge in [-0.1, -0.05) is 29.8 Å². The van der Waals surface area contributed by atoms with Gasteiger partial charge in [0.1, 0.15) is 23.3 Å². The van der Waals surface area contributed by atoms with Crippen LogP contribution < -0.4 is 16.8 Å². The molecule has 8 heteroatoms. The number of nitrogen functional groups attached to an aromatic ring is 2. The van der Waals surface area contributed by atoms with Crippen molar-refractivity contribution >= 4 is 17.3 Å². The monoisotopic (exact) mass is 366 g/mol. The lowest BCUT2D eigenvalue weighted by Gasteiger charge is -2.30. The minimum atomic E-state index is -1.20. The lowest BCUT2D eigenvalue weighted by atomic mass is 9.79. The van der Waals surface area contributed by atoms with E-state index in [1.807, 2.05) is 49.4 Å². The summed E-state index contributed by atoms with van der Waals surface area (Å²) in [6.45, 7) is 1.93. The highest BCUT2D eigenvalue weighted by atomic mass is 15.1. The second-order valence-electron chi connectivity index (χ2n) is 6.26. The van der Waals surface area contributed by atoms with Crippen molar-refractivity contribution in [3.63, 3.8) is 0 Å². The minimum Gasteiger partial charge on any atom is -0.397 e. The van der Waals surface area contributed by atoms with Crippen LogP contribution >= 0.6 is 0 Å². The van der Waals surface area contributed by atoms with Gasteiger partial charge in [0.05, 0.1) is 41.1 Å². The first-order chi connectivity index (χ1) is 13.5. The topological polar surface area (TPSA) is 172 Å². The van der Waals surface area contributed by atoms with E-state index in [0.717, 1.165) is 11.1 Å². The Kier molecular flexibility index (Phi) is 4.57. The van der Waals surface area contributed by atoms with E-state index >= 15 is 0 Å². The molecule has 0 saturated heterocycles. The van der Waals surface area contributed by atoms with E-state index in [-0.39, 0.29) is 34.2 Å². The van der Waals surface area contributed by atoms with Crippen molar-refractivity contribution in [1.82, 2.24) is 4.98 Å². The molecule has 1 aromatic heterocycles. The van der Waals surface area contributed by atoms with Gasteiger partial charge in [0.2, 0.25) is 0 Å². The second kappa shape index (κ2) is 7.00. The van der Waals surface area contributed by atoms with Gasteiger partial charge in [-0.2, -0.15) is 21.0 Å². The summed E-state index contributed by atoms with van der Waals surface area (Å²) in [6, 6.07) is 15.2. The van der Waals surface area contributed by atoms with Crippen molar-refractivity contribution in [3.8, 4) is 24.3 Å². The molecular weight excluding hydrogens is 352 g/mol. The Morgan fingerprint density at radius 2 is 1.68 bits per heavy atom. The third-order valence-corrected chi connectivity index (χ3v) is 4.61. The second-order valence-corrected chi connectivity index (χ2v) is 6.26. The van der Waals surface area contributed by atoms with Gasteiger partial charge in [0.15, 0.2) is 5.92 Å². The Labute approximate surface area is 161 Å². The molecule has 0 spiro atoms. The number of nitriles is 4. The Bertz CT molecular complexity index is 1150. The van der Waals surface area contributed by atoms with Crippen molar-refractivity contribution in [3.05, 3.63) is 57.8 Å². The largest absolute Gasteiger partial charge is 0.397 e. The van der Waals surface area contributed by atoms with Crippen molar-refractivity contribution < 1.29 is 0 Å². The van der Waals surface area contributed by atoms with Crippen molar-refractivity contribution in [2.24, 2.45) is 5.92 Å². The van der Waals surface area contributed by atoms with Crippen LogP contribution in [0.1, 0.15) is 28.2 Å². The standard InChI is InChI=1S/C20H14N8/c1-10-2-4-11(5-3-10)15-13(8-23)18(12(6-21)7-22)27-20-16(15)17(25)14(9-24)19(26)28-20/h2-5,12,15H,1H3,(H5,25,26,27,28). The zero-order valence-electron chi connectivity index (χ0n) is 14.9. The normalized spacial score (nSPS) is 14.9. The van der Waals surface area contributed by atoms with Crippen LogP contribution in [0.15, 0.2) is 35.5 Å². The van der Waals surface area contributed by atoms with Gasteiger partial charge in [-0.15, -0.1) is 0 Å². The molecule has 0 saturated carbocycles. The molecule has 1 aliphatic rings. The summed E-state index contributed by atoms with van der Waals surface area (Å²) in [4.78, 5) is 4.21. The maximum atomic E-state index is 9.87. The number of benzene rings is 1. The molecule has 1 aliphatic heterocycles. The summed E-state index contributed by atoms with van der Waals surface area (Å²) < 4.78 is 0. The number of allylic oxidation sites excluding steroid dienone is 2. The summed E-state index contributed by atoms with van der Waals surface area (Å²) >= 11 is 0. The number of nitrogens with one attached hydrogen (secondary N) is 1. The van der Waals surface area contributed by atoms with Crippen LogP contribution in [-0.2, 0) is 0 Å². The van der Waals surface area contributed by atoms with E-state index in [4.69, 9.17) is 11.5 Å². The Morgan fingerprint density at radius 3 is 2.21 bits per heavy atom. The van der Waals surface area contributed by atoms with E-state index in [1.165, 1.54) is 0 Å². The van der Waals surface area contributed by atoms with Crippen LogP contribution in [0.5, 0.6) is 0 Å². The van der Waals surface area contributed by atoms with Crippen LogP contribution in [0, 0.1) is 58.2 Å². The van der Waals surface area contributed by atoms with Crippen LogP contribution in [0.25, 0.3) is 0 Å². The number of hydrogen-bond donors (Lipinski definition) is 3. The number of pyridine rings is 1. The molecule has 2 aromatic rings. The molecule has 1 atom stereocenters. The van der Waals surface area contributed by atoms with E-state index in [0.29, 0.717) is 5.56 Å². The zero-order valence-corrected chi connectivity index (χ0v) is 14.9. The van der Waals surface area contributed by atoms with Crippen LogP contribution in [-0.4, -0.2) is 4.98 Å². The highest BCUT2D eigenvalue weighted by Gasteiger charge is 2.36. The molecule has 134 valence electrons. The molecule has 1 unspecified atom stereocenters. The van der Waals surface area contributed by atoms with Gasteiger partial charge in [0.25, 0.3) is 0 Å². The quantitative estimate of drug-likeness (QED) is 0.726.